The van der Waals surface area contributed by atoms with Crippen molar-refractivity contribution in [2.24, 2.45) is 5.41 Å². The van der Waals surface area contributed by atoms with Crippen molar-refractivity contribution in [1.82, 2.24) is 4.90 Å². The van der Waals surface area contributed by atoms with E-state index in [2.05, 4.69) is 78.7 Å². The molecule has 0 amide bonds. The van der Waals surface area contributed by atoms with Crippen LogP contribution in [0.2, 0.25) is 0 Å². The van der Waals surface area contributed by atoms with E-state index < -0.39 is 5.60 Å². The minimum Gasteiger partial charge on any atom is -0.386 e. The number of hydrogen-bond acceptors (Lipinski definition) is 2. The van der Waals surface area contributed by atoms with Crippen molar-refractivity contribution in [3.63, 3.8) is 0 Å². The van der Waals surface area contributed by atoms with Crippen LogP contribution >= 0.6 is 15.9 Å². The first-order chi connectivity index (χ1) is 10.5. The zero-order chi connectivity index (χ0) is 17.7. The van der Waals surface area contributed by atoms with E-state index in [0.29, 0.717) is 0 Å². The molecule has 126 valence electrons. The standard InChI is InChI=1S/C20H28BrNO/c1-19(2,3)10-8-7-9-11-22(6)15-16-12-17(20(4,5)23)14-18(21)13-16/h7,9,12-14,23H,11,15H2,1-6H3. The number of nitrogens with zero attached hydrogens (tertiary/aromatic N) is 1. The molecule has 0 unspecified atom stereocenters. The summed E-state index contributed by atoms with van der Waals surface area (Å²) in [5, 5.41) is 10.2. The third-order valence-electron chi connectivity index (χ3n) is 3.18. The first kappa shape index (κ1) is 20.0. The highest BCUT2D eigenvalue weighted by Gasteiger charge is 2.17. The van der Waals surface area contributed by atoms with Gasteiger partial charge in [-0.25, -0.2) is 0 Å². The van der Waals surface area contributed by atoms with E-state index in [9.17, 15) is 5.11 Å². The second kappa shape index (κ2) is 8.15. The Balaban J connectivity index is 2.67. The predicted octanol–water partition coefficient (Wildman–Crippen LogP) is 4.71. The molecule has 0 aliphatic rings. The fourth-order valence-corrected chi connectivity index (χ4v) is 2.56. The molecule has 0 aliphatic carbocycles. The first-order valence-corrected chi connectivity index (χ1v) is 8.65. The topological polar surface area (TPSA) is 23.5 Å². The van der Waals surface area contributed by atoms with Gasteiger partial charge in [-0.05, 0) is 71.0 Å². The van der Waals surface area contributed by atoms with Gasteiger partial charge in [-0.3, -0.25) is 4.90 Å². The molecule has 0 aliphatic heterocycles. The second-order valence-corrected chi connectivity index (χ2v) is 8.44. The summed E-state index contributed by atoms with van der Waals surface area (Å²) in [6, 6.07) is 6.12. The maximum atomic E-state index is 10.2. The highest BCUT2D eigenvalue weighted by molar-refractivity contribution is 9.10. The van der Waals surface area contributed by atoms with Gasteiger partial charge >= 0.3 is 0 Å². The number of hydrogen-bond donors (Lipinski definition) is 1. The molecule has 0 bridgehead atoms. The minimum absolute atomic E-state index is 0.0417. The van der Waals surface area contributed by atoms with E-state index in [4.69, 9.17) is 0 Å². The summed E-state index contributed by atoms with van der Waals surface area (Å²) in [7, 11) is 2.08. The van der Waals surface area contributed by atoms with Crippen LogP contribution in [0.4, 0.5) is 0 Å². The Morgan fingerprint density at radius 3 is 2.39 bits per heavy atom. The third kappa shape index (κ3) is 8.37. The summed E-state index contributed by atoms with van der Waals surface area (Å²) in [4.78, 5) is 2.21. The lowest BCUT2D eigenvalue weighted by atomic mass is 9.96. The number of halogens is 1. The SMILES string of the molecule is CN(CC=CC#CC(C)(C)C)Cc1cc(Br)cc(C(C)(C)O)c1. The van der Waals surface area contributed by atoms with Crippen LogP contribution in [-0.2, 0) is 12.1 Å². The van der Waals surface area contributed by atoms with Crippen molar-refractivity contribution in [1.29, 1.82) is 0 Å². The molecule has 0 saturated carbocycles. The fourth-order valence-electron chi connectivity index (χ4n) is 2.02. The molecule has 0 saturated heterocycles. The average molecular weight is 378 g/mol. The van der Waals surface area contributed by atoms with Gasteiger partial charge in [-0.15, -0.1) is 0 Å². The lowest BCUT2D eigenvalue weighted by Gasteiger charge is -2.21. The Morgan fingerprint density at radius 2 is 1.83 bits per heavy atom. The molecule has 23 heavy (non-hydrogen) atoms. The van der Waals surface area contributed by atoms with Crippen LogP contribution < -0.4 is 0 Å². The average Bonchev–Trinajstić information content (AvgIpc) is 2.35. The van der Waals surface area contributed by atoms with Gasteiger partial charge in [0.1, 0.15) is 0 Å². The monoisotopic (exact) mass is 377 g/mol. The Kier molecular flexibility index (Phi) is 7.07. The number of likely N-dealkylation sites (N-methyl/N-ethyl adjacent to an activating group) is 1. The van der Waals surface area contributed by atoms with Crippen molar-refractivity contribution in [3.05, 3.63) is 46.0 Å². The van der Waals surface area contributed by atoms with Crippen molar-refractivity contribution in [2.75, 3.05) is 13.6 Å². The molecule has 0 heterocycles. The van der Waals surface area contributed by atoms with E-state index in [1.807, 2.05) is 12.1 Å². The summed E-state index contributed by atoms with van der Waals surface area (Å²) in [6.07, 6.45) is 4.00. The Bertz CT molecular complexity index is 609. The molecule has 0 fully saturated rings. The van der Waals surface area contributed by atoms with Gasteiger partial charge in [0.25, 0.3) is 0 Å². The van der Waals surface area contributed by atoms with E-state index in [-0.39, 0.29) is 5.41 Å². The maximum Gasteiger partial charge on any atom is 0.0841 e. The molecule has 1 rings (SSSR count). The van der Waals surface area contributed by atoms with Crippen LogP contribution in [0, 0.1) is 17.3 Å². The lowest BCUT2D eigenvalue weighted by molar-refractivity contribution is 0.0784. The van der Waals surface area contributed by atoms with Gasteiger partial charge in [0.15, 0.2) is 0 Å². The molecular weight excluding hydrogens is 350 g/mol. The minimum atomic E-state index is -0.834. The number of rotatable bonds is 5. The molecule has 1 aromatic carbocycles. The smallest absolute Gasteiger partial charge is 0.0841 e. The summed E-state index contributed by atoms with van der Waals surface area (Å²) in [5.41, 5.74) is 1.30. The van der Waals surface area contributed by atoms with Gasteiger partial charge in [-0.1, -0.05) is 39.9 Å². The number of aliphatic hydroxyl groups is 1. The van der Waals surface area contributed by atoms with E-state index in [0.717, 1.165) is 23.1 Å². The van der Waals surface area contributed by atoms with Crippen LogP contribution in [0.5, 0.6) is 0 Å². The van der Waals surface area contributed by atoms with Gasteiger partial charge in [0.05, 0.1) is 5.60 Å². The third-order valence-corrected chi connectivity index (χ3v) is 3.64. The van der Waals surface area contributed by atoms with E-state index >= 15 is 0 Å². The molecular formula is C20H28BrNO. The zero-order valence-corrected chi connectivity index (χ0v) is 16.7. The molecule has 1 N–H and O–H groups in total. The van der Waals surface area contributed by atoms with Crippen LogP contribution in [0.25, 0.3) is 0 Å². The van der Waals surface area contributed by atoms with Gasteiger partial charge in [0.2, 0.25) is 0 Å². The molecule has 2 nitrogen and oxygen atoms in total. The first-order valence-electron chi connectivity index (χ1n) is 7.86. The van der Waals surface area contributed by atoms with Crippen LogP contribution in [-0.4, -0.2) is 23.6 Å². The van der Waals surface area contributed by atoms with Gasteiger partial charge in [-0.2, -0.15) is 0 Å². The summed E-state index contributed by atoms with van der Waals surface area (Å²) >= 11 is 3.53. The highest BCUT2D eigenvalue weighted by Crippen LogP contribution is 2.25. The Hall–Kier alpha value is -1.08. The van der Waals surface area contributed by atoms with Crippen molar-refractivity contribution >= 4 is 15.9 Å². The summed E-state index contributed by atoms with van der Waals surface area (Å²) in [5.74, 6) is 6.27. The number of allylic oxidation sites excluding steroid dienone is 1. The zero-order valence-electron chi connectivity index (χ0n) is 15.1. The molecule has 0 aromatic heterocycles. The van der Waals surface area contributed by atoms with Crippen LogP contribution in [0.3, 0.4) is 0 Å². The van der Waals surface area contributed by atoms with E-state index in [1.165, 1.54) is 5.56 Å². The normalized spacial score (nSPS) is 12.6. The van der Waals surface area contributed by atoms with Gasteiger partial charge < -0.3 is 5.11 Å². The van der Waals surface area contributed by atoms with Crippen molar-refractivity contribution in [3.8, 4) is 11.8 Å². The molecule has 0 atom stereocenters. The fraction of sp³-hybridized carbons (Fsp3) is 0.500. The summed E-state index contributed by atoms with van der Waals surface area (Å²) < 4.78 is 0.993. The largest absolute Gasteiger partial charge is 0.386 e. The number of benzene rings is 1. The van der Waals surface area contributed by atoms with E-state index in [1.54, 1.807) is 13.8 Å². The maximum absolute atomic E-state index is 10.2. The van der Waals surface area contributed by atoms with Crippen molar-refractivity contribution < 1.29 is 5.11 Å². The molecule has 0 radical (unpaired) electrons. The summed E-state index contributed by atoms with van der Waals surface area (Å²) in [6.45, 7) is 11.6. The Labute approximate surface area is 149 Å². The quantitative estimate of drug-likeness (QED) is 0.750. The lowest BCUT2D eigenvalue weighted by Crippen LogP contribution is -2.19. The molecule has 1 aromatic rings. The van der Waals surface area contributed by atoms with Gasteiger partial charge in [0, 0.05) is 23.0 Å². The second-order valence-electron chi connectivity index (χ2n) is 7.53. The molecule has 3 heteroatoms. The highest BCUT2D eigenvalue weighted by atomic mass is 79.9. The van der Waals surface area contributed by atoms with Crippen molar-refractivity contribution in [2.45, 2.75) is 46.8 Å². The van der Waals surface area contributed by atoms with Crippen LogP contribution in [0.1, 0.15) is 45.7 Å². The predicted molar refractivity (Wildman–Crippen MR) is 102 cm³/mol. The Morgan fingerprint density at radius 1 is 1.17 bits per heavy atom. The van der Waals surface area contributed by atoms with Crippen LogP contribution in [0.15, 0.2) is 34.8 Å². The molecule has 0 spiro atoms.